The Morgan fingerprint density at radius 3 is 2.73 bits per heavy atom. The van der Waals surface area contributed by atoms with Crippen LogP contribution in [0.25, 0.3) is 26.3 Å². The molecule has 0 atom stereocenters. The van der Waals surface area contributed by atoms with Crippen LogP contribution in [0.4, 0.5) is 5.82 Å². The maximum Gasteiger partial charge on any atom is 0.195 e. The lowest BCUT2D eigenvalue weighted by Crippen LogP contribution is -1.92. The summed E-state index contributed by atoms with van der Waals surface area (Å²) in [5.74, 6) is 1.23. The lowest BCUT2D eigenvalue weighted by atomic mass is 10.1. The fourth-order valence-corrected chi connectivity index (χ4v) is 4.55. The number of fused-ring (bicyclic) bond motifs is 1. The first-order valence-electron chi connectivity index (χ1n) is 10.4. The van der Waals surface area contributed by atoms with E-state index in [0.717, 1.165) is 16.8 Å². The molecule has 0 spiro atoms. The second-order valence-electron chi connectivity index (χ2n) is 7.12. The first-order chi connectivity index (χ1) is 16.2. The molecule has 0 saturated heterocycles. The molecular weight excluding hydrogens is 436 g/mol. The van der Waals surface area contributed by atoms with Gasteiger partial charge in [-0.05, 0) is 36.8 Å². The van der Waals surface area contributed by atoms with E-state index >= 15 is 0 Å². The Kier molecular flexibility index (Phi) is 5.77. The third kappa shape index (κ3) is 4.18. The number of benzene rings is 2. The summed E-state index contributed by atoms with van der Waals surface area (Å²) in [5, 5.41) is 19.5. The zero-order valence-electron chi connectivity index (χ0n) is 17.8. The highest BCUT2D eigenvalue weighted by molar-refractivity contribution is 7.23. The molecule has 0 saturated carbocycles. The van der Waals surface area contributed by atoms with Crippen molar-refractivity contribution in [2.45, 2.75) is 13.5 Å². The minimum absolute atomic E-state index is 0.0936. The first kappa shape index (κ1) is 20.8. The van der Waals surface area contributed by atoms with Crippen LogP contribution in [0.15, 0.2) is 83.8 Å². The third-order valence-corrected chi connectivity index (χ3v) is 6.22. The highest BCUT2D eigenvalue weighted by Crippen LogP contribution is 2.47. The molecule has 164 valence electrons. The van der Waals surface area contributed by atoms with Crippen molar-refractivity contribution in [2.75, 3.05) is 6.61 Å². The molecule has 33 heavy (non-hydrogen) atoms. The summed E-state index contributed by atoms with van der Waals surface area (Å²) in [7, 11) is 0. The van der Waals surface area contributed by atoms with Crippen molar-refractivity contribution in [2.24, 2.45) is 10.2 Å². The number of rotatable bonds is 7. The van der Waals surface area contributed by atoms with Crippen molar-refractivity contribution in [1.29, 1.82) is 0 Å². The predicted octanol–water partition coefficient (Wildman–Crippen LogP) is 5.93. The Bertz CT molecular complexity index is 1410. The average Bonchev–Trinajstić information content (AvgIpc) is 3.50. The maximum atomic E-state index is 10.9. The molecule has 2 aromatic carbocycles. The van der Waals surface area contributed by atoms with Crippen LogP contribution in [-0.2, 0) is 6.54 Å². The molecule has 0 radical (unpaired) electrons. The topological polar surface area (TPSA) is 97.8 Å². The van der Waals surface area contributed by atoms with Gasteiger partial charge in [0.15, 0.2) is 11.6 Å². The lowest BCUT2D eigenvalue weighted by molar-refractivity contribution is 0.341. The summed E-state index contributed by atoms with van der Waals surface area (Å²) in [6.07, 6.45) is 6.79. The predicted molar refractivity (Wildman–Crippen MR) is 127 cm³/mol. The Hall–Kier alpha value is -4.11. The van der Waals surface area contributed by atoms with Crippen molar-refractivity contribution in [3.05, 3.63) is 79.1 Å². The van der Waals surface area contributed by atoms with E-state index < -0.39 is 0 Å². The molecule has 5 aromatic rings. The summed E-state index contributed by atoms with van der Waals surface area (Å²) >= 11 is 1.37. The van der Waals surface area contributed by atoms with Gasteiger partial charge in [-0.25, -0.2) is 15.0 Å². The Balaban J connectivity index is 1.41. The number of para-hydroxylation sites is 1. The Labute approximate surface area is 193 Å². The number of azo groups is 1. The number of hydrogen-bond acceptors (Lipinski definition) is 8. The van der Waals surface area contributed by atoms with Crippen molar-refractivity contribution in [3.63, 3.8) is 0 Å². The largest absolute Gasteiger partial charge is 0.504 e. The van der Waals surface area contributed by atoms with E-state index in [-0.39, 0.29) is 5.75 Å². The lowest BCUT2D eigenvalue weighted by Gasteiger charge is -2.08. The highest BCUT2D eigenvalue weighted by atomic mass is 32.1. The van der Waals surface area contributed by atoms with Crippen molar-refractivity contribution < 1.29 is 9.84 Å². The van der Waals surface area contributed by atoms with Crippen molar-refractivity contribution in [1.82, 2.24) is 19.5 Å². The van der Waals surface area contributed by atoms with E-state index in [4.69, 9.17) is 4.74 Å². The zero-order chi connectivity index (χ0) is 22.6. The van der Waals surface area contributed by atoms with Gasteiger partial charge in [0.2, 0.25) is 0 Å². The van der Waals surface area contributed by atoms with E-state index in [1.165, 1.54) is 17.7 Å². The molecule has 8 nitrogen and oxygen atoms in total. The number of hydrogen-bond donors (Lipinski definition) is 1. The van der Waals surface area contributed by atoms with Gasteiger partial charge in [0.05, 0.1) is 24.4 Å². The molecule has 5 rings (SSSR count). The fourth-order valence-electron chi connectivity index (χ4n) is 3.44. The maximum absolute atomic E-state index is 10.9. The summed E-state index contributed by atoms with van der Waals surface area (Å²) in [4.78, 5) is 13.3. The molecule has 0 amide bonds. The van der Waals surface area contributed by atoms with E-state index in [1.54, 1.807) is 12.5 Å². The van der Waals surface area contributed by atoms with Crippen LogP contribution in [0, 0.1) is 0 Å². The van der Waals surface area contributed by atoms with Crippen LogP contribution >= 0.6 is 11.3 Å². The second-order valence-corrected chi connectivity index (χ2v) is 8.14. The number of thiophene rings is 1. The molecule has 0 aliphatic heterocycles. The molecule has 3 aromatic heterocycles. The molecule has 0 bridgehead atoms. The van der Waals surface area contributed by atoms with Gasteiger partial charge in [-0.3, -0.25) is 0 Å². The van der Waals surface area contributed by atoms with Gasteiger partial charge in [0.25, 0.3) is 0 Å². The summed E-state index contributed by atoms with van der Waals surface area (Å²) in [5.41, 5.74) is 3.31. The highest BCUT2D eigenvalue weighted by Gasteiger charge is 2.20. The van der Waals surface area contributed by atoms with Crippen LogP contribution < -0.4 is 4.74 Å². The van der Waals surface area contributed by atoms with E-state index in [1.807, 2.05) is 66.2 Å². The van der Waals surface area contributed by atoms with Crippen molar-refractivity contribution >= 4 is 27.4 Å². The molecule has 3 heterocycles. The van der Waals surface area contributed by atoms with Crippen LogP contribution in [0.5, 0.6) is 11.5 Å². The van der Waals surface area contributed by atoms with E-state index in [0.29, 0.717) is 39.8 Å². The number of nitrogens with zero attached hydrogens (tertiary/aromatic N) is 6. The molecule has 0 aliphatic rings. The van der Waals surface area contributed by atoms with E-state index in [2.05, 4.69) is 25.2 Å². The van der Waals surface area contributed by atoms with Gasteiger partial charge in [0, 0.05) is 23.6 Å². The van der Waals surface area contributed by atoms with Gasteiger partial charge in [-0.2, -0.15) is 5.11 Å². The Morgan fingerprint density at radius 1 is 1.09 bits per heavy atom. The van der Waals surface area contributed by atoms with Crippen LogP contribution in [0.1, 0.15) is 12.5 Å². The van der Waals surface area contributed by atoms with Gasteiger partial charge in [-0.1, -0.05) is 24.3 Å². The molecule has 9 heteroatoms. The second kappa shape index (κ2) is 9.17. The number of aromatic nitrogens is 4. The zero-order valence-corrected chi connectivity index (χ0v) is 18.6. The number of ether oxygens (including phenoxy) is 1. The molecule has 0 fully saturated rings. The minimum atomic E-state index is 0.0936. The summed E-state index contributed by atoms with van der Waals surface area (Å²) in [6, 6.07) is 15.6. The molecular formula is C24H20N6O2S. The van der Waals surface area contributed by atoms with Gasteiger partial charge < -0.3 is 14.4 Å². The van der Waals surface area contributed by atoms with E-state index in [9.17, 15) is 5.11 Å². The molecule has 1 N–H and O–H groups in total. The minimum Gasteiger partial charge on any atom is -0.504 e. The molecule has 0 aliphatic carbocycles. The number of imidazole rings is 1. The standard InChI is InChI=1S/C24H20N6O2S/c1-2-32-19-6-4-3-5-18(19)22-21(31)20-23(33-22)24(27-14-26-20)29-28-13-16-7-9-17(10-8-16)30-12-11-25-15-30/h3-12,14-15,31H,2,13H2,1H3. The van der Waals surface area contributed by atoms with Crippen molar-refractivity contribution in [3.8, 4) is 27.6 Å². The van der Waals surface area contributed by atoms with Crippen LogP contribution in [-0.4, -0.2) is 31.2 Å². The Morgan fingerprint density at radius 2 is 1.94 bits per heavy atom. The summed E-state index contributed by atoms with van der Waals surface area (Å²) in [6.45, 7) is 2.87. The fraction of sp³-hybridized carbons (Fsp3) is 0.125. The average molecular weight is 457 g/mol. The first-order valence-corrected chi connectivity index (χ1v) is 11.2. The quantitative estimate of drug-likeness (QED) is 0.306. The number of aromatic hydroxyl groups is 1. The summed E-state index contributed by atoms with van der Waals surface area (Å²) < 4.78 is 8.35. The normalized spacial score (nSPS) is 11.4. The van der Waals surface area contributed by atoms with Gasteiger partial charge in [-0.15, -0.1) is 16.5 Å². The van der Waals surface area contributed by atoms with Crippen LogP contribution in [0.3, 0.4) is 0 Å². The van der Waals surface area contributed by atoms with Crippen LogP contribution in [0.2, 0.25) is 0 Å². The van der Waals surface area contributed by atoms with Gasteiger partial charge >= 0.3 is 0 Å². The molecule has 0 unspecified atom stereocenters. The SMILES string of the molecule is CCOc1ccccc1-c1sc2c(N=NCc3ccc(-n4ccnc4)cc3)ncnc2c1O. The monoisotopic (exact) mass is 456 g/mol. The third-order valence-electron chi connectivity index (χ3n) is 5.02. The smallest absolute Gasteiger partial charge is 0.195 e. The van der Waals surface area contributed by atoms with Gasteiger partial charge in [0.1, 0.15) is 22.3 Å².